The third kappa shape index (κ3) is 4.36. The summed E-state index contributed by atoms with van der Waals surface area (Å²) in [6.07, 6.45) is 0. The van der Waals surface area contributed by atoms with E-state index in [0.717, 1.165) is 16.6 Å². The van der Waals surface area contributed by atoms with E-state index in [1.807, 2.05) is 0 Å². The second-order valence-electron chi connectivity index (χ2n) is 4.26. The van der Waals surface area contributed by atoms with Gasteiger partial charge in [0.25, 0.3) is 5.91 Å². The van der Waals surface area contributed by atoms with Crippen LogP contribution in [0.3, 0.4) is 0 Å². The van der Waals surface area contributed by atoms with E-state index in [1.54, 1.807) is 24.3 Å². The molecule has 0 fully saturated rings. The van der Waals surface area contributed by atoms with E-state index in [4.69, 9.17) is 4.74 Å². The van der Waals surface area contributed by atoms with Gasteiger partial charge in [-0.15, -0.1) is 0 Å². The van der Waals surface area contributed by atoms with Crippen molar-refractivity contribution in [1.29, 1.82) is 0 Å². The number of esters is 1. The Kier molecular flexibility index (Phi) is 5.21. The number of carbonyl (C=O) groups is 2. The molecule has 2 aromatic carbocycles. The first-order chi connectivity index (χ1) is 10.5. The lowest BCUT2D eigenvalue weighted by molar-refractivity contribution is -0.119. The molecule has 0 aliphatic heterocycles. The molecule has 1 N–H and O–H groups in total. The Hall–Kier alpha value is -2.28. The molecule has 0 bridgehead atoms. The normalized spacial score (nSPS) is 10.1. The average Bonchev–Trinajstić information content (AvgIpc) is 2.49. The summed E-state index contributed by atoms with van der Waals surface area (Å²) >= 11 is 3.23. The molecule has 0 saturated heterocycles. The smallest absolute Gasteiger partial charge is 0.338 e. The number of hydrogen-bond donors (Lipinski definition) is 1. The minimum absolute atomic E-state index is 0.0728. The molecule has 2 rings (SSSR count). The van der Waals surface area contributed by atoms with Crippen molar-refractivity contribution >= 4 is 33.5 Å². The maximum Gasteiger partial charge on any atom is 0.338 e. The summed E-state index contributed by atoms with van der Waals surface area (Å²) in [4.78, 5) is 23.3. The third-order valence-corrected chi connectivity index (χ3v) is 3.15. The molecule has 22 heavy (non-hydrogen) atoms. The minimum atomic E-state index is -1.08. The van der Waals surface area contributed by atoms with E-state index in [0.29, 0.717) is 5.56 Å². The first-order valence-corrected chi connectivity index (χ1v) is 6.92. The highest BCUT2D eigenvalue weighted by Crippen LogP contribution is 2.13. The van der Waals surface area contributed by atoms with Crippen LogP contribution in [0.1, 0.15) is 10.4 Å². The van der Waals surface area contributed by atoms with Gasteiger partial charge in [0.05, 0.1) is 5.56 Å². The molecule has 0 aromatic heterocycles. The molecular formula is C15H10BrF2NO3. The quantitative estimate of drug-likeness (QED) is 0.838. The third-order valence-electron chi connectivity index (χ3n) is 2.62. The monoisotopic (exact) mass is 369 g/mol. The fourth-order valence-corrected chi connectivity index (χ4v) is 1.84. The van der Waals surface area contributed by atoms with Crippen molar-refractivity contribution in [3.63, 3.8) is 0 Å². The fourth-order valence-electron chi connectivity index (χ4n) is 1.57. The Morgan fingerprint density at radius 2 is 1.73 bits per heavy atom. The number of nitrogens with one attached hydrogen (secondary N) is 1. The lowest BCUT2D eigenvalue weighted by atomic mass is 10.2. The number of halogens is 3. The van der Waals surface area contributed by atoms with Crippen molar-refractivity contribution in [1.82, 2.24) is 0 Å². The average molecular weight is 370 g/mol. The van der Waals surface area contributed by atoms with Gasteiger partial charge in [0.1, 0.15) is 0 Å². The number of carbonyl (C=O) groups excluding carboxylic acids is 2. The highest BCUT2D eigenvalue weighted by molar-refractivity contribution is 9.10. The highest BCUT2D eigenvalue weighted by atomic mass is 79.9. The first-order valence-electron chi connectivity index (χ1n) is 6.13. The minimum Gasteiger partial charge on any atom is -0.452 e. The van der Waals surface area contributed by atoms with Crippen molar-refractivity contribution in [3.8, 4) is 0 Å². The number of rotatable bonds is 4. The predicted molar refractivity (Wildman–Crippen MR) is 79.4 cm³/mol. The SMILES string of the molecule is O=C(COC(=O)c1ccc(Br)cc1)Nc1ccc(F)c(F)c1. The molecule has 0 spiro atoms. The first kappa shape index (κ1) is 16.1. The Balaban J connectivity index is 1.88. The summed E-state index contributed by atoms with van der Waals surface area (Å²) < 4.78 is 31.4. The Bertz CT molecular complexity index is 704. The molecule has 0 atom stereocenters. The van der Waals surface area contributed by atoms with Crippen LogP contribution in [0.15, 0.2) is 46.9 Å². The van der Waals surface area contributed by atoms with Crippen molar-refractivity contribution in [2.24, 2.45) is 0 Å². The fraction of sp³-hybridized carbons (Fsp3) is 0.0667. The van der Waals surface area contributed by atoms with Crippen LogP contribution in [0, 0.1) is 11.6 Å². The maximum absolute atomic E-state index is 13.0. The van der Waals surface area contributed by atoms with Gasteiger partial charge in [-0.25, -0.2) is 13.6 Å². The topological polar surface area (TPSA) is 55.4 Å². The number of ether oxygens (including phenoxy) is 1. The van der Waals surface area contributed by atoms with E-state index in [1.165, 1.54) is 6.07 Å². The van der Waals surface area contributed by atoms with Gasteiger partial charge in [-0.2, -0.15) is 0 Å². The van der Waals surface area contributed by atoms with Crippen LogP contribution in [-0.2, 0) is 9.53 Å². The Morgan fingerprint density at radius 1 is 1.05 bits per heavy atom. The Morgan fingerprint density at radius 3 is 2.36 bits per heavy atom. The highest BCUT2D eigenvalue weighted by Gasteiger charge is 2.11. The van der Waals surface area contributed by atoms with Gasteiger partial charge in [-0.3, -0.25) is 4.79 Å². The number of anilines is 1. The Labute approximate surface area is 133 Å². The number of amides is 1. The van der Waals surface area contributed by atoms with Crippen molar-refractivity contribution in [2.75, 3.05) is 11.9 Å². The van der Waals surface area contributed by atoms with Gasteiger partial charge in [0, 0.05) is 16.2 Å². The molecule has 0 heterocycles. The second-order valence-corrected chi connectivity index (χ2v) is 5.18. The van der Waals surface area contributed by atoms with E-state index in [-0.39, 0.29) is 5.69 Å². The summed E-state index contributed by atoms with van der Waals surface area (Å²) in [6.45, 7) is -0.534. The van der Waals surface area contributed by atoms with Gasteiger partial charge in [0.15, 0.2) is 18.2 Å². The van der Waals surface area contributed by atoms with Crippen LogP contribution >= 0.6 is 15.9 Å². The van der Waals surface area contributed by atoms with Crippen molar-refractivity contribution in [3.05, 3.63) is 64.1 Å². The summed E-state index contributed by atoms with van der Waals surface area (Å²) in [6, 6.07) is 9.34. The number of benzene rings is 2. The van der Waals surface area contributed by atoms with Gasteiger partial charge >= 0.3 is 5.97 Å². The second kappa shape index (κ2) is 7.13. The van der Waals surface area contributed by atoms with Gasteiger partial charge in [-0.05, 0) is 36.4 Å². The molecule has 0 aliphatic rings. The van der Waals surface area contributed by atoms with E-state index < -0.39 is 30.1 Å². The molecule has 114 valence electrons. The molecule has 2 aromatic rings. The maximum atomic E-state index is 13.0. The van der Waals surface area contributed by atoms with Crippen LogP contribution in [0.2, 0.25) is 0 Å². The molecular weight excluding hydrogens is 360 g/mol. The lowest BCUT2D eigenvalue weighted by Gasteiger charge is -2.07. The molecule has 0 radical (unpaired) electrons. The largest absolute Gasteiger partial charge is 0.452 e. The predicted octanol–water partition coefficient (Wildman–Crippen LogP) is 3.52. The van der Waals surface area contributed by atoms with Gasteiger partial charge in [0.2, 0.25) is 0 Å². The van der Waals surface area contributed by atoms with Crippen LogP contribution in [0.25, 0.3) is 0 Å². The molecule has 0 saturated carbocycles. The van der Waals surface area contributed by atoms with E-state index in [9.17, 15) is 18.4 Å². The van der Waals surface area contributed by atoms with Gasteiger partial charge < -0.3 is 10.1 Å². The molecule has 7 heteroatoms. The summed E-state index contributed by atoms with van der Waals surface area (Å²) in [7, 11) is 0. The summed E-state index contributed by atoms with van der Waals surface area (Å²) in [5.74, 6) is -3.41. The molecule has 4 nitrogen and oxygen atoms in total. The zero-order chi connectivity index (χ0) is 16.1. The molecule has 0 aliphatic carbocycles. The van der Waals surface area contributed by atoms with Crippen LogP contribution in [0.4, 0.5) is 14.5 Å². The zero-order valence-electron chi connectivity index (χ0n) is 11.1. The summed E-state index contributed by atoms with van der Waals surface area (Å²) in [5.41, 5.74) is 0.368. The van der Waals surface area contributed by atoms with Crippen LogP contribution in [0.5, 0.6) is 0 Å². The number of hydrogen-bond acceptors (Lipinski definition) is 3. The summed E-state index contributed by atoms with van der Waals surface area (Å²) in [5, 5.41) is 2.30. The standard InChI is InChI=1S/C15H10BrF2NO3/c16-10-3-1-9(2-4-10)15(21)22-8-14(20)19-11-5-6-12(17)13(18)7-11/h1-7H,8H2,(H,19,20). The van der Waals surface area contributed by atoms with Crippen molar-refractivity contribution in [2.45, 2.75) is 0 Å². The zero-order valence-corrected chi connectivity index (χ0v) is 12.7. The van der Waals surface area contributed by atoms with Crippen LogP contribution in [-0.4, -0.2) is 18.5 Å². The van der Waals surface area contributed by atoms with Crippen LogP contribution < -0.4 is 5.32 Å². The lowest BCUT2D eigenvalue weighted by Crippen LogP contribution is -2.21. The van der Waals surface area contributed by atoms with E-state index >= 15 is 0 Å². The van der Waals surface area contributed by atoms with Crippen molar-refractivity contribution < 1.29 is 23.1 Å². The molecule has 1 amide bonds. The van der Waals surface area contributed by atoms with E-state index in [2.05, 4.69) is 21.2 Å². The van der Waals surface area contributed by atoms with Gasteiger partial charge in [-0.1, -0.05) is 15.9 Å². The molecule has 0 unspecified atom stereocenters.